The van der Waals surface area contributed by atoms with Crippen molar-refractivity contribution in [1.29, 1.82) is 0 Å². The van der Waals surface area contributed by atoms with Crippen molar-refractivity contribution in [1.82, 2.24) is 0 Å². The van der Waals surface area contributed by atoms with Crippen LogP contribution in [0.1, 0.15) is 59.8 Å². The first-order valence-corrected chi connectivity index (χ1v) is 10.3. The van der Waals surface area contributed by atoms with Gasteiger partial charge in [-0.05, 0) is 24.6 Å². The van der Waals surface area contributed by atoms with Crippen LogP contribution in [0.4, 0.5) is 0 Å². The summed E-state index contributed by atoms with van der Waals surface area (Å²) < 4.78 is 11.1. The molecule has 114 valence electrons. The van der Waals surface area contributed by atoms with Gasteiger partial charge in [0.05, 0.1) is 7.11 Å². The van der Waals surface area contributed by atoms with Gasteiger partial charge in [0.2, 0.25) is 0 Å². The molecular weight excluding hydrogens is 256 g/mol. The summed E-state index contributed by atoms with van der Waals surface area (Å²) in [5.74, 6) is -0.221. The Kier molecular flexibility index (Phi) is 7.90. The van der Waals surface area contributed by atoms with Crippen molar-refractivity contribution in [3.8, 4) is 0 Å². The van der Waals surface area contributed by atoms with E-state index in [9.17, 15) is 4.79 Å². The topological polar surface area (TPSA) is 35.5 Å². The third-order valence-corrected chi connectivity index (χ3v) is 8.51. The van der Waals surface area contributed by atoms with Gasteiger partial charge in [-0.2, -0.15) is 0 Å². The van der Waals surface area contributed by atoms with Crippen molar-refractivity contribution in [2.45, 2.75) is 84.0 Å². The summed E-state index contributed by atoms with van der Waals surface area (Å²) in [7, 11) is -0.475. The molecule has 0 spiro atoms. The fourth-order valence-corrected chi connectivity index (χ4v) is 2.92. The minimum atomic E-state index is -1.92. The molecule has 0 aliphatic rings. The van der Waals surface area contributed by atoms with Crippen molar-refractivity contribution in [2.24, 2.45) is 0 Å². The molecule has 0 fully saturated rings. The fourth-order valence-electron chi connectivity index (χ4n) is 1.65. The normalized spacial score (nSPS) is 14.3. The lowest BCUT2D eigenvalue weighted by Crippen LogP contribution is -2.46. The molecule has 19 heavy (non-hydrogen) atoms. The van der Waals surface area contributed by atoms with E-state index < -0.39 is 8.32 Å². The van der Waals surface area contributed by atoms with Gasteiger partial charge >= 0.3 is 5.97 Å². The lowest BCUT2D eigenvalue weighted by Gasteiger charge is -2.38. The van der Waals surface area contributed by atoms with Crippen LogP contribution < -0.4 is 0 Å². The van der Waals surface area contributed by atoms with E-state index in [0.29, 0.717) is 0 Å². The molecule has 0 aromatic heterocycles. The molecular formula is C15H32O3Si. The molecule has 0 aliphatic heterocycles. The van der Waals surface area contributed by atoms with E-state index in [1.54, 1.807) is 0 Å². The Morgan fingerprint density at radius 1 is 1.16 bits per heavy atom. The lowest BCUT2D eigenvalue weighted by molar-refractivity contribution is -0.149. The molecule has 0 aromatic carbocycles. The predicted octanol–water partition coefficient (Wildman–Crippen LogP) is 4.52. The summed E-state index contributed by atoms with van der Waals surface area (Å²) in [6, 6.07) is 0. The fraction of sp³-hybridized carbons (Fsp3) is 0.933. The highest BCUT2D eigenvalue weighted by molar-refractivity contribution is 6.74. The van der Waals surface area contributed by atoms with Crippen LogP contribution in [0.15, 0.2) is 0 Å². The second-order valence-corrected chi connectivity index (χ2v) is 11.5. The third kappa shape index (κ3) is 6.57. The van der Waals surface area contributed by atoms with Crippen molar-refractivity contribution >= 4 is 14.3 Å². The maximum Gasteiger partial charge on any atom is 0.333 e. The summed E-state index contributed by atoms with van der Waals surface area (Å²) in [4.78, 5) is 11.9. The molecule has 1 unspecified atom stereocenters. The summed E-state index contributed by atoms with van der Waals surface area (Å²) in [6.45, 7) is 13.1. The first kappa shape index (κ1) is 18.6. The van der Waals surface area contributed by atoms with Gasteiger partial charge in [0.25, 0.3) is 0 Å². The van der Waals surface area contributed by atoms with Gasteiger partial charge in [-0.15, -0.1) is 0 Å². The number of ether oxygens (including phenoxy) is 1. The molecule has 0 aliphatic carbocycles. The van der Waals surface area contributed by atoms with Gasteiger partial charge < -0.3 is 9.16 Å². The summed E-state index contributed by atoms with van der Waals surface area (Å²) in [5.41, 5.74) is 0. The zero-order valence-corrected chi connectivity index (χ0v) is 14.8. The van der Waals surface area contributed by atoms with E-state index in [0.717, 1.165) is 19.3 Å². The number of methoxy groups -OCH3 is 1. The van der Waals surface area contributed by atoms with Crippen molar-refractivity contribution in [2.75, 3.05) is 7.11 Å². The molecule has 0 radical (unpaired) electrons. The third-order valence-electron chi connectivity index (χ3n) is 4.03. The van der Waals surface area contributed by atoms with Gasteiger partial charge in [0.1, 0.15) is 6.10 Å². The van der Waals surface area contributed by atoms with E-state index in [1.165, 1.54) is 20.0 Å². The van der Waals surface area contributed by atoms with E-state index in [-0.39, 0.29) is 17.1 Å². The molecule has 0 bridgehead atoms. The van der Waals surface area contributed by atoms with Crippen LogP contribution in [-0.2, 0) is 14.0 Å². The minimum absolute atomic E-state index is 0.114. The number of rotatable bonds is 8. The van der Waals surface area contributed by atoms with E-state index >= 15 is 0 Å². The van der Waals surface area contributed by atoms with Crippen LogP contribution in [-0.4, -0.2) is 27.5 Å². The molecule has 0 aromatic rings. The van der Waals surface area contributed by atoms with Gasteiger partial charge in [-0.1, -0.05) is 53.4 Å². The lowest BCUT2D eigenvalue weighted by atomic mass is 10.1. The Morgan fingerprint density at radius 2 is 1.74 bits per heavy atom. The minimum Gasteiger partial charge on any atom is -0.467 e. The molecule has 0 amide bonds. The van der Waals surface area contributed by atoms with E-state index in [1.807, 2.05) is 0 Å². The van der Waals surface area contributed by atoms with Crippen LogP contribution in [0.3, 0.4) is 0 Å². The first-order chi connectivity index (χ1) is 8.65. The van der Waals surface area contributed by atoms with Gasteiger partial charge in [-0.25, -0.2) is 4.79 Å². The largest absolute Gasteiger partial charge is 0.467 e. The Hall–Kier alpha value is -0.353. The number of esters is 1. The second kappa shape index (κ2) is 8.05. The highest BCUT2D eigenvalue weighted by Gasteiger charge is 2.40. The van der Waals surface area contributed by atoms with Gasteiger partial charge in [0, 0.05) is 0 Å². The van der Waals surface area contributed by atoms with Crippen LogP contribution >= 0.6 is 0 Å². The average molecular weight is 289 g/mol. The van der Waals surface area contributed by atoms with E-state index in [2.05, 4.69) is 40.8 Å². The van der Waals surface area contributed by atoms with Gasteiger partial charge in [0.15, 0.2) is 8.32 Å². The highest BCUT2D eigenvalue weighted by atomic mass is 28.4. The number of carbonyl (C=O) groups is 1. The smallest absolute Gasteiger partial charge is 0.333 e. The molecule has 0 saturated carbocycles. The quantitative estimate of drug-likeness (QED) is 0.374. The van der Waals surface area contributed by atoms with Crippen LogP contribution in [0.2, 0.25) is 18.1 Å². The number of carbonyl (C=O) groups excluding carboxylic acids is 1. The first-order valence-electron chi connectivity index (χ1n) is 7.41. The van der Waals surface area contributed by atoms with Crippen molar-refractivity contribution < 1.29 is 14.0 Å². The Balaban J connectivity index is 4.56. The van der Waals surface area contributed by atoms with Crippen LogP contribution in [0.5, 0.6) is 0 Å². The second-order valence-electron chi connectivity index (χ2n) is 6.74. The van der Waals surface area contributed by atoms with Crippen LogP contribution in [0.25, 0.3) is 0 Å². The summed E-state index contributed by atoms with van der Waals surface area (Å²) in [6.07, 6.45) is 4.99. The Morgan fingerprint density at radius 3 is 2.16 bits per heavy atom. The zero-order chi connectivity index (χ0) is 15.1. The Bertz CT molecular complexity index is 269. The molecule has 0 rings (SSSR count). The van der Waals surface area contributed by atoms with Gasteiger partial charge in [-0.3, -0.25) is 0 Å². The monoisotopic (exact) mass is 288 g/mol. The SMILES string of the molecule is CCCCCCC(O[Si](C)(C)C(C)(C)C)C(=O)OC. The zero-order valence-electron chi connectivity index (χ0n) is 13.8. The van der Waals surface area contributed by atoms with Crippen molar-refractivity contribution in [3.05, 3.63) is 0 Å². The van der Waals surface area contributed by atoms with Crippen LogP contribution in [0, 0.1) is 0 Å². The number of hydrogen-bond acceptors (Lipinski definition) is 3. The maximum absolute atomic E-state index is 11.9. The molecule has 4 heteroatoms. The molecule has 0 heterocycles. The highest BCUT2D eigenvalue weighted by Crippen LogP contribution is 2.37. The number of unbranched alkanes of at least 4 members (excludes halogenated alkanes) is 3. The number of hydrogen-bond donors (Lipinski definition) is 0. The summed E-state index contributed by atoms with van der Waals surface area (Å²) in [5, 5.41) is 0.114. The maximum atomic E-state index is 11.9. The molecule has 0 saturated heterocycles. The van der Waals surface area contributed by atoms with Crippen molar-refractivity contribution in [3.63, 3.8) is 0 Å². The Labute approximate surface area is 120 Å². The standard InChI is InChI=1S/C15H32O3Si/c1-8-9-10-11-12-13(14(16)17-5)18-19(6,7)15(2,3)4/h13H,8-12H2,1-7H3. The molecule has 3 nitrogen and oxygen atoms in total. The predicted molar refractivity (Wildman–Crippen MR) is 82.8 cm³/mol. The summed E-state index contributed by atoms with van der Waals surface area (Å²) >= 11 is 0. The molecule has 0 N–H and O–H groups in total. The average Bonchev–Trinajstić information content (AvgIpc) is 2.30. The van der Waals surface area contributed by atoms with E-state index in [4.69, 9.17) is 9.16 Å². The molecule has 1 atom stereocenters.